The van der Waals surface area contributed by atoms with E-state index < -0.39 is 5.60 Å². The van der Waals surface area contributed by atoms with Gasteiger partial charge in [0.1, 0.15) is 12.0 Å². The molecule has 6 nitrogen and oxygen atoms in total. The lowest BCUT2D eigenvalue weighted by atomic mass is 9.93. The fourth-order valence-electron chi connectivity index (χ4n) is 2.30. The Morgan fingerprint density at radius 2 is 2.00 bits per heavy atom. The smallest absolute Gasteiger partial charge is 0.191 e. The molecule has 0 aromatic carbocycles. The van der Waals surface area contributed by atoms with Gasteiger partial charge in [0.15, 0.2) is 5.96 Å². The molecule has 0 radical (unpaired) electrons. The summed E-state index contributed by atoms with van der Waals surface area (Å²) in [6, 6.07) is 1.79. The van der Waals surface area contributed by atoms with Crippen molar-refractivity contribution in [1.82, 2.24) is 15.8 Å². The fourth-order valence-corrected chi connectivity index (χ4v) is 2.30. The van der Waals surface area contributed by atoms with Gasteiger partial charge in [-0.2, -0.15) is 0 Å². The summed E-state index contributed by atoms with van der Waals surface area (Å²) in [6.45, 7) is 7.91. The van der Waals surface area contributed by atoms with Crippen molar-refractivity contribution < 1.29 is 9.63 Å². The molecule has 0 spiro atoms. The molecule has 21 heavy (non-hydrogen) atoms. The highest BCUT2D eigenvalue weighted by Crippen LogP contribution is 2.18. The van der Waals surface area contributed by atoms with E-state index in [2.05, 4.69) is 34.6 Å². The van der Waals surface area contributed by atoms with Gasteiger partial charge < -0.3 is 20.3 Å². The Hall–Kier alpha value is -1.56. The molecule has 0 bridgehead atoms. The van der Waals surface area contributed by atoms with Gasteiger partial charge in [0.05, 0.1) is 12.1 Å². The summed E-state index contributed by atoms with van der Waals surface area (Å²) in [5.41, 5.74) is 0.109. The van der Waals surface area contributed by atoms with E-state index in [-0.39, 0.29) is 0 Å². The van der Waals surface area contributed by atoms with Crippen LogP contribution >= 0.6 is 0 Å². The Morgan fingerprint density at radius 1 is 1.29 bits per heavy atom. The van der Waals surface area contributed by atoms with Crippen LogP contribution in [0.4, 0.5) is 0 Å². The number of nitrogens with zero attached hydrogens (tertiary/aromatic N) is 2. The third-order valence-electron chi connectivity index (χ3n) is 3.25. The van der Waals surface area contributed by atoms with Gasteiger partial charge in [0.25, 0.3) is 0 Å². The molecule has 6 heteroatoms. The van der Waals surface area contributed by atoms with Crippen molar-refractivity contribution in [2.75, 3.05) is 13.1 Å². The number of hydrogen-bond donors (Lipinski definition) is 3. The van der Waals surface area contributed by atoms with Crippen molar-refractivity contribution in [3.05, 3.63) is 18.0 Å². The predicted octanol–water partition coefficient (Wildman–Crippen LogP) is 2.06. The molecule has 1 aromatic rings. The lowest BCUT2D eigenvalue weighted by Crippen LogP contribution is -2.47. The fraction of sp³-hybridized carbons (Fsp3) is 0.733. The Morgan fingerprint density at radius 3 is 2.52 bits per heavy atom. The van der Waals surface area contributed by atoms with Crippen LogP contribution < -0.4 is 10.6 Å². The monoisotopic (exact) mass is 296 g/mol. The number of rotatable bonds is 9. The molecule has 1 aromatic heterocycles. The van der Waals surface area contributed by atoms with E-state index in [4.69, 9.17) is 4.52 Å². The molecule has 0 aliphatic heterocycles. The lowest BCUT2D eigenvalue weighted by molar-refractivity contribution is 0.0257. The van der Waals surface area contributed by atoms with Gasteiger partial charge in [-0.3, -0.25) is 0 Å². The predicted molar refractivity (Wildman–Crippen MR) is 84.1 cm³/mol. The molecule has 1 heterocycles. The average Bonchev–Trinajstić information content (AvgIpc) is 2.96. The molecule has 0 saturated heterocycles. The summed E-state index contributed by atoms with van der Waals surface area (Å²) in [4.78, 5) is 4.44. The van der Waals surface area contributed by atoms with Crippen LogP contribution in [0.15, 0.2) is 21.8 Å². The van der Waals surface area contributed by atoms with E-state index in [0.29, 0.717) is 19.0 Å². The number of aliphatic imine (C=N–C) groups is 1. The molecule has 0 atom stereocenters. The van der Waals surface area contributed by atoms with Gasteiger partial charge >= 0.3 is 0 Å². The van der Waals surface area contributed by atoms with Crippen LogP contribution in [-0.4, -0.2) is 34.9 Å². The van der Waals surface area contributed by atoms with E-state index in [1.807, 2.05) is 6.92 Å². The number of nitrogens with one attached hydrogen (secondary N) is 2. The standard InChI is InChI=1S/C15H28N4O2/c1-4-8-15(20,9-5-2)12-18-14(16-6-3)17-11-13-7-10-21-19-13/h7,10,20H,4-6,8-9,11-12H2,1-3H3,(H2,16,17,18). The Kier molecular flexibility index (Phi) is 7.82. The minimum absolute atomic E-state index is 0.450. The highest BCUT2D eigenvalue weighted by Gasteiger charge is 2.24. The molecular formula is C15H28N4O2. The highest BCUT2D eigenvalue weighted by atomic mass is 16.5. The zero-order valence-corrected chi connectivity index (χ0v) is 13.4. The van der Waals surface area contributed by atoms with Crippen molar-refractivity contribution in [1.29, 1.82) is 0 Å². The first kappa shape index (κ1) is 17.5. The normalized spacial score (nSPS) is 12.5. The van der Waals surface area contributed by atoms with Crippen molar-refractivity contribution in [3.63, 3.8) is 0 Å². The molecule has 0 aliphatic carbocycles. The van der Waals surface area contributed by atoms with Gasteiger partial charge in [-0.25, -0.2) is 4.99 Å². The maximum absolute atomic E-state index is 10.6. The SMILES string of the molecule is CCCC(O)(CCC)CNC(=NCc1ccon1)NCC. The molecule has 3 N–H and O–H groups in total. The van der Waals surface area contributed by atoms with Crippen LogP contribution in [0, 0.1) is 0 Å². The van der Waals surface area contributed by atoms with Crippen LogP contribution in [0.1, 0.15) is 52.1 Å². The van der Waals surface area contributed by atoms with Gasteiger partial charge in [-0.05, 0) is 19.8 Å². The maximum atomic E-state index is 10.6. The summed E-state index contributed by atoms with van der Waals surface area (Å²) in [5.74, 6) is 0.686. The van der Waals surface area contributed by atoms with Crippen molar-refractivity contribution in [2.45, 2.75) is 58.6 Å². The molecule has 0 aliphatic rings. The van der Waals surface area contributed by atoms with Crippen LogP contribution in [-0.2, 0) is 6.54 Å². The average molecular weight is 296 g/mol. The third-order valence-corrected chi connectivity index (χ3v) is 3.25. The second kappa shape index (κ2) is 9.39. The maximum Gasteiger partial charge on any atom is 0.191 e. The molecule has 0 amide bonds. The first-order valence-corrected chi connectivity index (χ1v) is 7.77. The van der Waals surface area contributed by atoms with Crippen molar-refractivity contribution >= 4 is 5.96 Å². The Balaban J connectivity index is 2.58. The first-order chi connectivity index (χ1) is 10.1. The number of guanidine groups is 1. The molecule has 0 unspecified atom stereocenters. The number of aromatic nitrogens is 1. The first-order valence-electron chi connectivity index (χ1n) is 7.77. The van der Waals surface area contributed by atoms with E-state index in [0.717, 1.165) is 37.9 Å². The zero-order valence-electron chi connectivity index (χ0n) is 13.4. The second-order valence-corrected chi connectivity index (χ2v) is 5.26. The Labute approximate surface area is 127 Å². The molecule has 120 valence electrons. The second-order valence-electron chi connectivity index (χ2n) is 5.26. The lowest BCUT2D eigenvalue weighted by Gasteiger charge is -2.28. The molecular weight excluding hydrogens is 268 g/mol. The van der Waals surface area contributed by atoms with Gasteiger partial charge in [0.2, 0.25) is 0 Å². The number of aliphatic hydroxyl groups is 1. The van der Waals surface area contributed by atoms with Crippen molar-refractivity contribution in [3.8, 4) is 0 Å². The van der Waals surface area contributed by atoms with E-state index in [1.54, 1.807) is 6.07 Å². The Bertz CT molecular complexity index is 398. The third kappa shape index (κ3) is 6.62. The molecule has 1 rings (SSSR count). The van der Waals surface area contributed by atoms with Crippen LogP contribution in [0.5, 0.6) is 0 Å². The summed E-state index contributed by atoms with van der Waals surface area (Å²) in [7, 11) is 0. The van der Waals surface area contributed by atoms with E-state index in [9.17, 15) is 5.11 Å². The minimum Gasteiger partial charge on any atom is -0.388 e. The van der Waals surface area contributed by atoms with E-state index in [1.165, 1.54) is 6.26 Å². The van der Waals surface area contributed by atoms with Crippen LogP contribution in [0.25, 0.3) is 0 Å². The van der Waals surface area contributed by atoms with Gasteiger partial charge in [0, 0.05) is 19.2 Å². The van der Waals surface area contributed by atoms with Crippen molar-refractivity contribution in [2.24, 2.45) is 4.99 Å². The quantitative estimate of drug-likeness (QED) is 0.480. The minimum atomic E-state index is -0.673. The summed E-state index contributed by atoms with van der Waals surface area (Å²) >= 11 is 0. The molecule has 0 saturated carbocycles. The summed E-state index contributed by atoms with van der Waals surface area (Å²) < 4.78 is 4.78. The summed E-state index contributed by atoms with van der Waals surface area (Å²) in [5, 5.41) is 20.8. The zero-order chi connectivity index (χ0) is 15.6. The highest BCUT2D eigenvalue weighted by molar-refractivity contribution is 5.79. The van der Waals surface area contributed by atoms with Gasteiger partial charge in [-0.1, -0.05) is 31.8 Å². The topological polar surface area (TPSA) is 82.7 Å². The summed E-state index contributed by atoms with van der Waals surface area (Å²) in [6.07, 6.45) is 5.04. The van der Waals surface area contributed by atoms with Gasteiger partial charge in [-0.15, -0.1) is 0 Å². The molecule has 0 fully saturated rings. The largest absolute Gasteiger partial charge is 0.388 e. The van der Waals surface area contributed by atoms with Crippen LogP contribution in [0.2, 0.25) is 0 Å². The van der Waals surface area contributed by atoms with Crippen LogP contribution in [0.3, 0.4) is 0 Å². The van der Waals surface area contributed by atoms with E-state index >= 15 is 0 Å². The number of hydrogen-bond acceptors (Lipinski definition) is 4.